The number of fused-ring (bicyclic) bond motifs is 2. The molecule has 7 heteroatoms. The van der Waals surface area contributed by atoms with Gasteiger partial charge >= 0.3 is 0 Å². The van der Waals surface area contributed by atoms with Crippen molar-refractivity contribution in [3.05, 3.63) is 71.8 Å². The molecule has 3 aromatic carbocycles. The highest BCUT2D eigenvalue weighted by atomic mass is 16.5. The number of piperazine rings is 1. The van der Waals surface area contributed by atoms with Gasteiger partial charge in [-0.15, -0.1) is 0 Å². The molecular weight excluding hydrogens is 450 g/mol. The first-order valence-electron chi connectivity index (χ1n) is 12.7. The van der Waals surface area contributed by atoms with Gasteiger partial charge in [-0.05, 0) is 66.3 Å². The molecule has 0 spiro atoms. The van der Waals surface area contributed by atoms with E-state index in [0.717, 1.165) is 78.2 Å². The number of methoxy groups -OCH3 is 1. The number of H-pyrrole nitrogens is 1. The highest BCUT2D eigenvalue weighted by Gasteiger charge is 2.22. The van der Waals surface area contributed by atoms with E-state index in [-0.39, 0.29) is 11.8 Å². The van der Waals surface area contributed by atoms with Crippen molar-refractivity contribution < 1.29 is 9.53 Å². The molecule has 3 N–H and O–H groups in total. The van der Waals surface area contributed by atoms with Gasteiger partial charge in [0, 0.05) is 54.9 Å². The van der Waals surface area contributed by atoms with E-state index < -0.39 is 0 Å². The van der Waals surface area contributed by atoms with Crippen molar-refractivity contribution >= 4 is 28.2 Å². The van der Waals surface area contributed by atoms with E-state index in [0.29, 0.717) is 6.42 Å². The van der Waals surface area contributed by atoms with Crippen molar-refractivity contribution in [1.82, 2.24) is 15.5 Å². The number of amides is 1. The average Bonchev–Trinajstić information content (AvgIpc) is 3.34. The second kappa shape index (κ2) is 9.66. The molecule has 36 heavy (non-hydrogen) atoms. The van der Waals surface area contributed by atoms with E-state index >= 15 is 0 Å². The van der Waals surface area contributed by atoms with E-state index in [9.17, 15) is 4.79 Å². The van der Waals surface area contributed by atoms with Gasteiger partial charge in [-0.25, -0.2) is 0 Å². The van der Waals surface area contributed by atoms with Gasteiger partial charge in [-0.1, -0.05) is 24.3 Å². The SMILES string of the molecule is COc1ccc2c(c1)C[C@H](c1ccc3c(-c4cccc(N5CCNCC5)c4)n[nH]c3c1)CCC(=O)N2. The van der Waals surface area contributed by atoms with Crippen LogP contribution in [0.5, 0.6) is 5.75 Å². The summed E-state index contributed by atoms with van der Waals surface area (Å²) in [5, 5.41) is 15.5. The maximum atomic E-state index is 12.5. The zero-order chi connectivity index (χ0) is 24.5. The van der Waals surface area contributed by atoms with Crippen LogP contribution in [0.3, 0.4) is 0 Å². The van der Waals surface area contributed by atoms with E-state index in [1.54, 1.807) is 7.11 Å². The van der Waals surface area contributed by atoms with E-state index in [1.807, 2.05) is 18.2 Å². The molecular formula is C29H31N5O2. The Labute approximate surface area is 210 Å². The average molecular weight is 482 g/mol. The number of nitrogens with zero attached hydrogens (tertiary/aromatic N) is 2. The summed E-state index contributed by atoms with van der Waals surface area (Å²) >= 11 is 0. The van der Waals surface area contributed by atoms with E-state index in [4.69, 9.17) is 9.84 Å². The molecule has 3 heterocycles. The van der Waals surface area contributed by atoms with Crippen molar-refractivity contribution in [3.8, 4) is 17.0 Å². The summed E-state index contributed by atoms with van der Waals surface area (Å²) in [7, 11) is 1.67. The Kier molecular flexibility index (Phi) is 6.07. The lowest BCUT2D eigenvalue weighted by Gasteiger charge is -2.29. The Bertz CT molecular complexity index is 1410. The van der Waals surface area contributed by atoms with Crippen molar-refractivity contribution in [2.24, 2.45) is 0 Å². The van der Waals surface area contributed by atoms with Crippen molar-refractivity contribution in [3.63, 3.8) is 0 Å². The van der Waals surface area contributed by atoms with Gasteiger partial charge in [0.05, 0.1) is 18.3 Å². The van der Waals surface area contributed by atoms with Crippen molar-refractivity contribution in [2.75, 3.05) is 43.5 Å². The molecule has 0 unspecified atom stereocenters. The summed E-state index contributed by atoms with van der Waals surface area (Å²) in [6.45, 7) is 4.06. The summed E-state index contributed by atoms with van der Waals surface area (Å²) in [5.41, 5.74) is 7.54. The van der Waals surface area contributed by atoms with Crippen LogP contribution < -0.4 is 20.3 Å². The topological polar surface area (TPSA) is 82.3 Å². The lowest BCUT2D eigenvalue weighted by atomic mass is 9.86. The van der Waals surface area contributed by atoms with Gasteiger partial charge in [0.1, 0.15) is 5.75 Å². The van der Waals surface area contributed by atoms with E-state index in [1.165, 1.54) is 11.3 Å². The van der Waals surface area contributed by atoms with Crippen LogP contribution in [0.15, 0.2) is 60.7 Å². The molecule has 184 valence electrons. The highest BCUT2D eigenvalue weighted by molar-refractivity contribution is 5.94. The monoisotopic (exact) mass is 481 g/mol. The second-order valence-electron chi connectivity index (χ2n) is 9.68. The molecule has 2 aliphatic rings. The first kappa shape index (κ1) is 22.6. The minimum atomic E-state index is 0.0559. The predicted octanol–water partition coefficient (Wildman–Crippen LogP) is 4.71. The van der Waals surface area contributed by atoms with Gasteiger partial charge in [0.15, 0.2) is 0 Å². The smallest absolute Gasteiger partial charge is 0.224 e. The van der Waals surface area contributed by atoms with Gasteiger partial charge in [-0.3, -0.25) is 9.89 Å². The minimum Gasteiger partial charge on any atom is -0.497 e. The zero-order valence-corrected chi connectivity index (χ0v) is 20.5. The predicted molar refractivity (Wildman–Crippen MR) is 144 cm³/mol. The Morgan fingerprint density at radius 1 is 1.03 bits per heavy atom. The molecule has 0 radical (unpaired) electrons. The standard InChI is InChI=1S/C29H31N5O2/c1-36-24-7-9-26-22(17-24)15-19(6-10-28(35)31-26)20-5-8-25-27(18-20)32-33-29(25)21-3-2-4-23(16-21)34-13-11-30-12-14-34/h2-5,7-9,16-19,30H,6,10-15H2,1H3,(H,31,35)(H,32,33)/t19-/m1/s1. The molecule has 2 aliphatic heterocycles. The highest BCUT2D eigenvalue weighted by Crippen LogP contribution is 2.36. The summed E-state index contributed by atoms with van der Waals surface area (Å²) in [6, 6.07) is 21.1. The van der Waals surface area contributed by atoms with Gasteiger partial charge in [-0.2, -0.15) is 5.10 Å². The van der Waals surface area contributed by atoms with Crippen LogP contribution in [0, 0.1) is 0 Å². The van der Waals surface area contributed by atoms with Crippen molar-refractivity contribution in [1.29, 1.82) is 0 Å². The molecule has 1 atom stereocenters. The van der Waals surface area contributed by atoms with Crippen LogP contribution in [-0.2, 0) is 11.2 Å². The zero-order valence-electron chi connectivity index (χ0n) is 20.5. The first-order chi connectivity index (χ1) is 17.7. The van der Waals surface area contributed by atoms with E-state index in [2.05, 4.69) is 63.1 Å². The van der Waals surface area contributed by atoms with Crippen LogP contribution in [-0.4, -0.2) is 49.4 Å². The molecule has 1 aromatic heterocycles. The number of hydrogen-bond donors (Lipinski definition) is 3. The molecule has 0 bridgehead atoms. The number of aromatic nitrogens is 2. The Morgan fingerprint density at radius 2 is 1.92 bits per heavy atom. The van der Waals surface area contributed by atoms with Gasteiger partial charge in [0.2, 0.25) is 5.91 Å². The third kappa shape index (κ3) is 4.42. The van der Waals surface area contributed by atoms with Crippen molar-refractivity contribution in [2.45, 2.75) is 25.2 Å². The lowest BCUT2D eigenvalue weighted by Crippen LogP contribution is -2.43. The number of carbonyl (C=O) groups excluding carboxylic acids is 1. The maximum Gasteiger partial charge on any atom is 0.224 e. The molecule has 0 aliphatic carbocycles. The number of benzene rings is 3. The molecule has 1 amide bonds. The van der Waals surface area contributed by atoms with Gasteiger partial charge in [0.25, 0.3) is 0 Å². The number of carbonyl (C=O) groups is 1. The molecule has 6 rings (SSSR count). The fraction of sp³-hybridized carbons (Fsp3) is 0.310. The summed E-state index contributed by atoms with van der Waals surface area (Å²) < 4.78 is 5.44. The number of hydrogen-bond acceptors (Lipinski definition) is 5. The Balaban J connectivity index is 1.31. The number of ether oxygens (including phenoxy) is 1. The molecule has 1 saturated heterocycles. The first-order valence-corrected chi connectivity index (χ1v) is 12.7. The molecule has 0 saturated carbocycles. The molecule has 4 aromatic rings. The van der Waals surface area contributed by atoms with Crippen LogP contribution in [0.2, 0.25) is 0 Å². The lowest BCUT2D eigenvalue weighted by molar-refractivity contribution is -0.116. The molecule has 7 nitrogen and oxygen atoms in total. The van der Waals surface area contributed by atoms with Crippen LogP contribution in [0.25, 0.3) is 22.2 Å². The largest absolute Gasteiger partial charge is 0.497 e. The quantitative estimate of drug-likeness (QED) is 0.393. The molecule has 1 fully saturated rings. The third-order valence-corrected chi connectivity index (χ3v) is 7.43. The van der Waals surface area contributed by atoms with Gasteiger partial charge < -0.3 is 20.3 Å². The number of anilines is 2. The van der Waals surface area contributed by atoms with Crippen LogP contribution >= 0.6 is 0 Å². The van der Waals surface area contributed by atoms with Crippen LogP contribution in [0.1, 0.15) is 29.9 Å². The maximum absolute atomic E-state index is 12.5. The summed E-state index contributed by atoms with van der Waals surface area (Å²) in [4.78, 5) is 14.9. The number of aromatic amines is 1. The van der Waals surface area contributed by atoms with Crippen LogP contribution in [0.4, 0.5) is 11.4 Å². The fourth-order valence-corrected chi connectivity index (χ4v) is 5.44. The Hall–Kier alpha value is -3.84. The summed E-state index contributed by atoms with van der Waals surface area (Å²) in [5.74, 6) is 1.09. The minimum absolute atomic E-state index is 0.0559. The third-order valence-electron chi connectivity index (χ3n) is 7.43. The fourth-order valence-electron chi connectivity index (χ4n) is 5.44. The normalized spacial score (nSPS) is 18.3. The number of nitrogens with one attached hydrogen (secondary N) is 3. The number of rotatable bonds is 4. The Morgan fingerprint density at radius 3 is 2.78 bits per heavy atom. The second-order valence-corrected chi connectivity index (χ2v) is 9.68. The summed E-state index contributed by atoms with van der Waals surface area (Å²) in [6.07, 6.45) is 2.13.